The molecule has 0 radical (unpaired) electrons. The molecule has 2 atom stereocenters. The smallest absolute Gasteiger partial charge is 0.132 e. The van der Waals surface area contributed by atoms with E-state index < -0.39 is 0 Å². The number of nitrogens with zero attached hydrogens (tertiary/aromatic N) is 3. The molecule has 0 saturated heterocycles. The summed E-state index contributed by atoms with van der Waals surface area (Å²) in [4.78, 5) is 8.33. The molecule has 0 amide bonds. The van der Waals surface area contributed by atoms with Crippen LogP contribution in [0.4, 0.5) is 5.82 Å². The van der Waals surface area contributed by atoms with E-state index in [-0.39, 0.29) is 0 Å². The molecule has 3 rings (SSSR count). The van der Waals surface area contributed by atoms with Crippen LogP contribution < -0.4 is 5.73 Å². The van der Waals surface area contributed by atoms with Gasteiger partial charge < -0.3 is 10.3 Å². The first-order valence-corrected chi connectivity index (χ1v) is 5.50. The van der Waals surface area contributed by atoms with Crippen LogP contribution in [-0.4, -0.2) is 14.5 Å². The van der Waals surface area contributed by atoms with Crippen LogP contribution in [0.1, 0.15) is 19.4 Å². The molecule has 82 valence electrons. The number of rotatable bonds is 2. The first-order chi connectivity index (χ1) is 7.77. The molecule has 2 aromatic heterocycles. The molecule has 2 heterocycles. The Labute approximate surface area is 94.1 Å². The van der Waals surface area contributed by atoms with E-state index >= 15 is 0 Å². The number of imidazole rings is 1. The van der Waals surface area contributed by atoms with Gasteiger partial charge in [-0.25, -0.2) is 9.97 Å². The molecule has 4 nitrogen and oxygen atoms in total. The van der Waals surface area contributed by atoms with Crippen LogP contribution in [0.2, 0.25) is 0 Å². The number of hydrogen-bond acceptors (Lipinski definition) is 3. The fraction of sp³-hybridized carbons (Fsp3) is 0.333. The Morgan fingerprint density at radius 3 is 3.00 bits per heavy atom. The van der Waals surface area contributed by atoms with Gasteiger partial charge in [-0.2, -0.15) is 0 Å². The van der Waals surface area contributed by atoms with E-state index in [0.717, 1.165) is 17.2 Å². The van der Waals surface area contributed by atoms with Gasteiger partial charge in [0.05, 0.1) is 18.2 Å². The molecule has 2 aromatic rings. The van der Waals surface area contributed by atoms with Gasteiger partial charge in [-0.15, -0.1) is 0 Å². The topological polar surface area (TPSA) is 56.7 Å². The molecular formula is C12H14N4. The van der Waals surface area contributed by atoms with Gasteiger partial charge in [-0.05, 0) is 24.5 Å². The lowest BCUT2D eigenvalue weighted by molar-refractivity contribution is 0.691. The van der Waals surface area contributed by atoms with Crippen LogP contribution >= 0.6 is 0 Å². The van der Waals surface area contributed by atoms with Crippen molar-refractivity contribution in [1.29, 1.82) is 0 Å². The molecule has 2 N–H and O–H groups in total. The summed E-state index contributed by atoms with van der Waals surface area (Å²) in [6, 6.07) is 4.47. The lowest BCUT2D eigenvalue weighted by Crippen LogP contribution is -2.00. The van der Waals surface area contributed by atoms with Crippen LogP contribution in [0.5, 0.6) is 0 Å². The van der Waals surface area contributed by atoms with Gasteiger partial charge in [0.25, 0.3) is 0 Å². The number of nitrogens with two attached hydrogens (primary N) is 1. The Kier molecular flexibility index (Phi) is 1.96. The molecule has 1 aliphatic carbocycles. The van der Waals surface area contributed by atoms with Gasteiger partial charge in [-0.3, -0.25) is 0 Å². The van der Waals surface area contributed by atoms with Crippen molar-refractivity contribution < 1.29 is 0 Å². The molecule has 1 aliphatic rings. The molecular weight excluding hydrogens is 200 g/mol. The lowest BCUT2D eigenvalue weighted by atomic mass is 10.2. The van der Waals surface area contributed by atoms with E-state index in [1.54, 1.807) is 6.20 Å². The van der Waals surface area contributed by atoms with E-state index in [2.05, 4.69) is 21.5 Å². The Morgan fingerprint density at radius 1 is 1.50 bits per heavy atom. The van der Waals surface area contributed by atoms with Gasteiger partial charge in [0.2, 0.25) is 0 Å². The molecule has 1 fully saturated rings. The van der Waals surface area contributed by atoms with Crippen LogP contribution in [-0.2, 0) is 0 Å². The van der Waals surface area contributed by atoms with E-state index in [9.17, 15) is 0 Å². The lowest BCUT2D eigenvalue weighted by Gasteiger charge is -2.08. The highest BCUT2D eigenvalue weighted by Gasteiger charge is 2.35. The highest BCUT2D eigenvalue weighted by atomic mass is 15.1. The van der Waals surface area contributed by atoms with Crippen LogP contribution in [0, 0.1) is 5.92 Å². The fourth-order valence-electron chi connectivity index (χ4n) is 2.10. The first kappa shape index (κ1) is 9.39. The monoisotopic (exact) mass is 214 g/mol. The molecule has 2 unspecified atom stereocenters. The van der Waals surface area contributed by atoms with Crippen molar-refractivity contribution >= 4 is 5.82 Å². The van der Waals surface area contributed by atoms with E-state index in [4.69, 9.17) is 5.73 Å². The Bertz CT molecular complexity index is 517. The zero-order chi connectivity index (χ0) is 11.1. The summed E-state index contributed by atoms with van der Waals surface area (Å²) in [5, 5.41) is 0. The third-order valence-corrected chi connectivity index (χ3v) is 3.20. The predicted octanol–water partition coefficient (Wildman–Crippen LogP) is 2.11. The zero-order valence-electron chi connectivity index (χ0n) is 9.17. The minimum absolute atomic E-state index is 0.567. The van der Waals surface area contributed by atoms with Crippen molar-refractivity contribution in [3.63, 3.8) is 0 Å². The van der Waals surface area contributed by atoms with Gasteiger partial charge >= 0.3 is 0 Å². The quantitative estimate of drug-likeness (QED) is 0.833. The minimum atomic E-state index is 0.567. The number of pyridine rings is 1. The first-order valence-electron chi connectivity index (χ1n) is 5.50. The van der Waals surface area contributed by atoms with Crippen LogP contribution in [0.15, 0.2) is 30.9 Å². The van der Waals surface area contributed by atoms with Gasteiger partial charge in [0.15, 0.2) is 0 Å². The summed E-state index contributed by atoms with van der Waals surface area (Å²) in [5.74, 6) is 1.31. The third-order valence-electron chi connectivity index (χ3n) is 3.20. The number of nitrogen functional groups attached to an aromatic ring is 1. The standard InChI is InChI=1S/C12H14N4/c1-8-5-10(8)16-7-14-6-11(16)9-3-2-4-15-12(9)13/h2-4,6-8,10H,5H2,1H3,(H2,13,15). The largest absolute Gasteiger partial charge is 0.383 e. The fourth-order valence-corrected chi connectivity index (χ4v) is 2.10. The molecule has 0 bridgehead atoms. The third kappa shape index (κ3) is 1.38. The second kappa shape index (κ2) is 3.33. The Hall–Kier alpha value is -1.84. The Morgan fingerprint density at radius 2 is 2.31 bits per heavy atom. The molecule has 4 heteroatoms. The Balaban J connectivity index is 2.07. The summed E-state index contributed by atoms with van der Waals surface area (Å²) in [7, 11) is 0. The molecule has 0 aromatic carbocycles. The van der Waals surface area contributed by atoms with Crippen molar-refractivity contribution in [2.45, 2.75) is 19.4 Å². The molecule has 1 saturated carbocycles. The second-order valence-electron chi connectivity index (χ2n) is 4.40. The molecule has 0 aliphatic heterocycles. The maximum absolute atomic E-state index is 5.88. The summed E-state index contributed by atoms with van der Waals surface area (Å²) < 4.78 is 2.21. The summed E-state index contributed by atoms with van der Waals surface area (Å²) in [5.41, 5.74) is 7.92. The average Bonchev–Trinajstić information content (AvgIpc) is 2.82. The normalized spacial score (nSPS) is 23.3. The maximum atomic E-state index is 5.88. The maximum Gasteiger partial charge on any atom is 0.132 e. The van der Waals surface area contributed by atoms with Gasteiger partial charge in [-0.1, -0.05) is 6.92 Å². The summed E-state index contributed by atoms with van der Waals surface area (Å²) in [6.45, 7) is 2.25. The van der Waals surface area contributed by atoms with Gasteiger partial charge in [0.1, 0.15) is 5.82 Å². The number of hydrogen-bond donors (Lipinski definition) is 1. The molecule has 16 heavy (non-hydrogen) atoms. The van der Waals surface area contributed by atoms with Gasteiger partial charge in [0, 0.05) is 17.8 Å². The van der Waals surface area contributed by atoms with Crippen molar-refractivity contribution in [3.8, 4) is 11.3 Å². The minimum Gasteiger partial charge on any atom is -0.383 e. The number of anilines is 1. The summed E-state index contributed by atoms with van der Waals surface area (Å²) >= 11 is 0. The van der Waals surface area contributed by atoms with E-state index in [0.29, 0.717) is 11.9 Å². The van der Waals surface area contributed by atoms with Crippen LogP contribution in [0.25, 0.3) is 11.3 Å². The zero-order valence-corrected chi connectivity index (χ0v) is 9.17. The van der Waals surface area contributed by atoms with Crippen molar-refractivity contribution in [3.05, 3.63) is 30.9 Å². The van der Waals surface area contributed by atoms with E-state index in [1.165, 1.54) is 6.42 Å². The van der Waals surface area contributed by atoms with Crippen molar-refractivity contribution in [1.82, 2.24) is 14.5 Å². The van der Waals surface area contributed by atoms with Crippen molar-refractivity contribution in [2.24, 2.45) is 5.92 Å². The SMILES string of the molecule is CC1CC1n1cncc1-c1cccnc1N. The van der Waals surface area contributed by atoms with Crippen molar-refractivity contribution in [2.75, 3.05) is 5.73 Å². The summed E-state index contributed by atoms with van der Waals surface area (Å²) in [6.07, 6.45) is 6.68. The number of aromatic nitrogens is 3. The second-order valence-corrected chi connectivity index (χ2v) is 4.40. The highest BCUT2D eigenvalue weighted by molar-refractivity contribution is 5.70. The van der Waals surface area contributed by atoms with Crippen LogP contribution in [0.3, 0.4) is 0 Å². The molecule has 0 spiro atoms. The highest BCUT2D eigenvalue weighted by Crippen LogP contribution is 2.44. The predicted molar refractivity (Wildman–Crippen MR) is 62.7 cm³/mol. The average molecular weight is 214 g/mol. The van der Waals surface area contributed by atoms with E-state index in [1.807, 2.05) is 24.7 Å².